The molecule has 0 bridgehead atoms. The van der Waals surface area contributed by atoms with Gasteiger partial charge >= 0.3 is 6.03 Å². The Labute approximate surface area is 519 Å². The van der Waals surface area contributed by atoms with E-state index in [-0.39, 0.29) is 42.8 Å². The molecule has 6 rings (SSSR count). The number of morpholine rings is 1. The van der Waals surface area contributed by atoms with Crippen LogP contribution in [0.2, 0.25) is 5.02 Å². The number of nitrogens with zero attached hydrogens (tertiary/aromatic N) is 4. The number of aryl methyl sites for hydroxylation is 2. The number of carbonyl (C=O) groups is 2. The first kappa shape index (κ1) is 71.6. The molecule has 3 amide bonds. The van der Waals surface area contributed by atoms with Gasteiger partial charge in [0.1, 0.15) is 0 Å². The Morgan fingerprint density at radius 3 is 1.83 bits per heavy atom. The summed E-state index contributed by atoms with van der Waals surface area (Å²) in [5.41, 5.74) is 10.5. The Morgan fingerprint density at radius 2 is 1.29 bits per heavy atom. The zero-order chi connectivity index (χ0) is 60.7. The number of thioether (sulfide) groups is 1. The maximum absolute atomic E-state index is 12.1. The maximum atomic E-state index is 12.1. The van der Waals surface area contributed by atoms with Gasteiger partial charge in [0.15, 0.2) is 0 Å². The molecule has 26 heteroatoms. The molecule has 4 fully saturated rings. The number of carbonyl (C=O) groups excluding carboxylic acids is 2. The van der Waals surface area contributed by atoms with Gasteiger partial charge in [-0.25, -0.2) is 10.6 Å². The molecule has 4 aliphatic rings. The van der Waals surface area contributed by atoms with Crippen molar-refractivity contribution in [3.8, 4) is 0 Å². The lowest BCUT2D eigenvalue weighted by molar-refractivity contribution is -0.121. The summed E-state index contributed by atoms with van der Waals surface area (Å²) >= 11 is 8.10. The van der Waals surface area contributed by atoms with Crippen molar-refractivity contribution >= 4 is 35.3 Å². The minimum absolute atomic E-state index is 0.0384. The van der Waals surface area contributed by atoms with Crippen LogP contribution in [0.25, 0.3) is 0 Å². The number of fused-ring (bicyclic) bond motifs is 1. The van der Waals surface area contributed by atoms with Crippen molar-refractivity contribution in [3.05, 3.63) is 64.2 Å². The van der Waals surface area contributed by atoms with Crippen molar-refractivity contribution in [3.63, 3.8) is 0 Å². The summed E-state index contributed by atoms with van der Waals surface area (Å²) in [6.07, 6.45) is 10.4. The van der Waals surface area contributed by atoms with E-state index >= 15 is 0 Å². The van der Waals surface area contributed by atoms with Gasteiger partial charge < -0.3 is 88.3 Å². The highest BCUT2D eigenvalue weighted by Gasteiger charge is 2.42. The molecule has 4 heterocycles. The summed E-state index contributed by atoms with van der Waals surface area (Å²) in [6.45, 7) is 15.4. The summed E-state index contributed by atoms with van der Waals surface area (Å²) in [4.78, 5) is 26.3. The van der Waals surface area contributed by atoms with Crippen molar-refractivity contribution in [2.45, 2.75) is 106 Å². The molecule has 24 nitrogen and oxygen atoms in total. The number of hydrogen-bond donors (Lipinski definition) is 5. The molecule has 490 valence electrons. The van der Waals surface area contributed by atoms with Gasteiger partial charge in [0.05, 0.1) is 201 Å². The molecular formula is C60H102ClN9O15S. The van der Waals surface area contributed by atoms with Gasteiger partial charge in [0.25, 0.3) is 0 Å². The van der Waals surface area contributed by atoms with Gasteiger partial charge in [-0.15, -0.1) is 0 Å². The number of benzene rings is 1. The minimum Gasteiger partial charge on any atom is -0.399 e. The van der Waals surface area contributed by atoms with Crippen LogP contribution in [0.1, 0.15) is 74.2 Å². The molecular weight excluding hydrogens is 1150 g/mol. The molecule has 0 radical (unpaired) electrons. The normalized spacial score (nSPS) is 21.7. The second-order valence-electron chi connectivity index (χ2n) is 21.9. The van der Waals surface area contributed by atoms with Crippen molar-refractivity contribution in [1.29, 1.82) is 0 Å². The molecule has 1 aromatic heterocycles. The van der Waals surface area contributed by atoms with E-state index in [1.54, 1.807) is 6.20 Å². The third kappa shape index (κ3) is 29.9. The Morgan fingerprint density at radius 1 is 0.756 bits per heavy atom. The van der Waals surface area contributed by atoms with Crippen LogP contribution in [-0.2, 0) is 79.8 Å². The number of aromatic nitrogens is 2. The number of unbranched alkanes of at least 4 members (excludes halogenated alkanes) is 1. The summed E-state index contributed by atoms with van der Waals surface area (Å²) in [7, 11) is 2.02. The van der Waals surface area contributed by atoms with Gasteiger partial charge in [0.2, 0.25) is 5.91 Å². The zero-order valence-corrected chi connectivity index (χ0v) is 52.8. The number of amides is 3. The summed E-state index contributed by atoms with van der Waals surface area (Å²) in [5.74, 6) is 7.68. The number of hydrogen-bond acceptors (Lipinski definition) is 21. The number of ether oxygens (including phenoxy) is 13. The maximum Gasteiger partial charge on any atom is 0.315 e. The third-order valence-corrected chi connectivity index (χ3v) is 17.0. The van der Waals surface area contributed by atoms with E-state index in [1.165, 1.54) is 22.0 Å². The zero-order valence-electron chi connectivity index (χ0n) is 51.2. The van der Waals surface area contributed by atoms with E-state index in [0.29, 0.717) is 201 Å². The van der Waals surface area contributed by atoms with Crippen molar-refractivity contribution in [2.75, 3.05) is 191 Å². The fraction of sp³-hybridized carbons (Fsp3) is 0.783. The minimum atomic E-state index is -0.0642. The van der Waals surface area contributed by atoms with Crippen LogP contribution in [-0.4, -0.2) is 258 Å². The van der Waals surface area contributed by atoms with Gasteiger partial charge in [-0.2, -0.15) is 16.9 Å². The smallest absolute Gasteiger partial charge is 0.315 e. The van der Waals surface area contributed by atoms with Crippen LogP contribution in [0.4, 0.5) is 4.79 Å². The molecule has 1 aliphatic carbocycles. The van der Waals surface area contributed by atoms with Crippen molar-refractivity contribution in [2.24, 2.45) is 18.6 Å². The van der Waals surface area contributed by atoms with Gasteiger partial charge in [-0.05, 0) is 75.6 Å². The number of halogens is 1. The molecule has 2 aromatic rings. The molecule has 5 atom stereocenters. The molecule has 3 saturated heterocycles. The lowest BCUT2D eigenvalue weighted by atomic mass is 9.82. The monoisotopic (exact) mass is 1260 g/mol. The van der Waals surface area contributed by atoms with E-state index in [2.05, 4.69) is 46.0 Å². The van der Waals surface area contributed by atoms with Crippen molar-refractivity contribution < 1.29 is 71.2 Å². The topological polar surface area (TPSA) is 267 Å². The highest BCUT2D eigenvalue weighted by Crippen LogP contribution is 2.37. The van der Waals surface area contributed by atoms with Crippen LogP contribution in [0, 0.1) is 6.92 Å². The first-order chi connectivity index (χ1) is 42.1. The largest absolute Gasteiger partial charge is 0.399 e. The Balaban J connectivity index is 0.613. The number of urea groups is 1. The molecule has 0 unspecified atom stereocenters. The van der Waals surface area contributed by atoms with Crippen LogP contribution < -0.4 is 27.5 Å². The van der Waals surface area contributed by atoms with Gasteiger partial charge in [0, 0.05) is 72.5 Å². The molecule has 3 aliphatic heterocycles. The van der Waals surface area contributed by atoms with Gasteiger partial charge in [-0.1, -0.05) is 30.2 Å². The Bertz CT molecular complexity index is 2120. The van der Waals surface area contributed by atoms with Crippen LogP contribution in [0.3, 0.4) is 0 Å². The number of rotatable bonds is 50. The quantitative estimate of drug-likeness (QED) is 0.0273. The predicted octanol–water partition coefficient (Wildman–Crippen LogP) is 3.74. The highest BCUT2D eigenvalue weighted by atomic mass is 35.5. The first-order valence-electron chi connectivity index (χ1n) is 31.1. The molecule has 7 N–H and O–H groups in total. The number of nitrogens with two attached hydrogens (primary N) is 2. The van der Waals surface area contributed by atoms with Gasteiger partial charge in [-0.3, -0.25) is 14.4 Å². The molecule has 1 aromatic carbocycles. The molecule has 1 saturated carbocycles. The fourth-order valence-corrected chi connectivity index (χ4v) is 12.3. The fourth-order valence-electron chi connectivity index (χ4n) is 10.6. The average Bonchev–Trinajstić information content (AvgIpc) is 3.25. The lowest BCUT2D eigenvalue weighted by Gasteiger charge is -2.46. The first-order valence-corrected chi connectivity index (χ1v) is 32.5. The second kappa shape index (κ2) is 44.1. The Kier molecular flexibility index (Phi) is 36.7. The SMILES string of the molecule is Cc1cc(C2CCC(N3C[C@H](COC/C(N)=C/N(N)CCOCCOCCOCCOCCOCCOCCOCCOCCOCCOCCOCCNC(=O)CCCC[C@@H]4SC[C@@H]5NC(=O)N[C@@H]54)OC[C@@H]3Cc3ccc(Cl)cc3)CC2)nn1C. The van der Waals surface area contributed by atoms with Crippen LogP contribution in [0.5, 0.6) is 0 Å². The van der Waals surface area contributed by atoms with E-state index in [0.717, 1.165) is 68.7 Å². The average molecular weight is 1260 g/mol. The van der Waals surface area contributed by atoms with Crippen LogP contribution >= 0.6 is 23.4 Å². The highest BCUT2D eigenvalue weighted by molar-refractivity contribution is 8.00. The van der Waals surface area contributed by atoms with Crippen molar-refractivity contribution in [1.82, 2.24) is 35.6 Å². The molecule has 86 heavy (non-hydrogen) atoms. The number of hydrazine groups is 1. The summed E-state index contributed by atoms with van der Waals surface area (Å²) in [6, 6.07) is 11.5. The Hall–Kier alpha value is -3.45. The third-order valence-electron chi connectivity index (χ3n) is 15.3. The van der Waals surface area contributed by atoms with E-state index in [1.807, 2.05) is 35.6 Å². The standard InChI is InChI=1S/C60H102ClN9O15S/c1-47-39-55(67-68(47)2)49-9-13-52(14-10-49)70-42-54(85-44-53(70)40-48-7-11-50(61)12-8-48)45-84-43-51(62)41-69(63)16-18-74-20-22-76-24-26-78-28-30-80-32-34-82-36-38-83-37-35-81-33-31-79-29-27-77-25-23-75-21-19-73-17-15-64-58(71)6-4-3-5-57-59-56(46-86-57)65-60(72)66-59/h7-8,11-12,39,41,49,52-54,56-57,59H,3-6,9-10,13-38,40,42-46,62-63H2,1-2H3,(H,64,71)(H2,65,66,72)/b51-41-/t49?,52?,53-,54+,56-,57-,59-/m0/s1. The predicted molar refractivity (Wildman–Crippen MR) is 328 cm³/mol. The second-order valence-corrected chi connectivity index (χ2v) is 23.6. The molecule has 0 spiro atoms. The van der Waals surface area contributed by atoms with E-state index in [9.17, 15) is 9.59 Å². The summed E-state index contributed by atoms with van der Waals surface area (Å²) < 4.78 is 75.7. The van der Waals surface area contributed by atoms with Crippen LogP contribution in [0.15, 0.2) is 42.2 Å². The van der Waals surface area contributed by atoms with E-state index < -0.39 is 0 Å². The van der Waals surface area contributed by atoms with E-state index in [4.69, 9.17) is 89.9 Å². The summed E-state index contributed by atoms with van der Waals surface area (Å²) in [5, 5.41) is 16.4. The number of nitrogens with one attached hydrogen (secondary N) is 3. The lowest BCUT2D eigenvalue weighted by Crippen LogP contribution is -2.56.